The number of carbonyl (C=O) groups excluding carboxylic acids is 1. The Morgan fingerprint density at radius 3 is 2.50 bits per heavy atom. The molecule has 0 saturated carbocycles. The molecule has 4 nitrogen and oxygen atoms in total. The van der Waals surface area contributed by atoms with Gasteiger partial charge in [0.05, 0.1) is 13.0 Å². The topological polar surface area (TPSA) is 38.8 Å². The Bertz CT molecular complexity index is 200. The van der Waals surface area contributed by atoms with Gasteiger partial charge in [-0.05, 0) is 45.3 Å². The predicted octanol–water partition coefficient (Wildman–Crippen LogP) is 1.30. The molecule has 16 heavy (non-hydrogen) atoms. The highest BCUT2D eigenvalue weighted by Gasteiger charge is 2.24. The molecule has 0 bridgehead atoms. The molecule has 0 atom stereocenters. The number of esters is 1. The lowest BCUT2D eigenvalue weighted by Crippen LogP contribution is -2.37. The summed E-state index contributed by atoms with van der Waals surface area (Å²) in [5.74, 6) is 0.0826. The van der Waals surface area contributed by atoms with Gasteiger partial charge >= 0.3 is 5.97 Å². The fourth-order valence-corrected chi connectivity index (χ4v) is 2.14. The number of piperidine rings is 1. The zero-order chi connectivity index (χ0) is 11.8. The maximum atomic E-state index is 11.3. The Morgan fingerprint density at radius 2 is 1.94 bits per heavy atom. The number of likely N-dealkylation sites (tertiary alicyclic amines) is 1. The van der Waals surface area contributed by atoms with Gasteiger partial charge < -0.3 is 14.4 Å². The Hall–Kier alpha value is -0.610. The van der Waals surface area contributed by atoms with Crippen LogP contribution >= 0.6 is 0 Å². The number of methoxy groups -OCH3 is 2. The molecule has 0 radical (unpaired) electrons. The van der Waals surface area contributed by atoms with Crippen LogP contribution in [0.1, 0.15) is 25.7 Å². The molecule has 0 aromatic carbocycles. The van der Waals surface area contributed by atoms with Crippen LogP contribution < -0.4 is 0 Å². The summed E-state index contributed by atoms with van der Waals surface area (Å²) in [4.78, 5) is 13.7. The van der Waals surface area contributed by atoms with Crippen LogP contribution in [0.15, 0.2) is 0 Å². The van der Waals surface area contributed by atoms with E-state index < -0.39 is 0 Å². The maximum Gasteiger partial charge on any atom is 0.308 e. The number of rotatable bonds is 6. The van der Waals surface area contributed by atoms with Crippen molar-refractivity contribution in [2.45, 2.75) is 25.7 Å². The Labute approximate surface area is 97.9 Å². The van der Waals surface area contributed by atoms with Gasteiger partial charge in [0, 0.05) is 13.7 Å². The van der Waals surface area contributed by atoms with E-state index in [1.54, 1.807) is 7.11 Å². The first-order chi connectivity index (χ1) is 7.77. The fraction of sp³-hybridized carbons (Fsp3) is 0.917. The lowest BCUT2D eigenvalue weighted by atomic mass is 9.97. The number of ether oxygens (including phenoxy) is 2. The third-order valence-corrected chi connectivity index (χ3v) is 3.19. The molecule has 1 aliphatic heterocycles. The smallest absolute Gasteiger partial charge is 0.308 e. The number of carbonyl (C=O) groups is 1. The van der Waals surface area contributed by atoms with Crippen molar-refractivity contribution in [1.29, 1.82) is 0 Å². The number of nitrogens with zero attached hydrogens (tertiary/aromatic N) is 1. The molecule has 0 unspecified atom stereocenters. The third kappa shape index (κ3) is 4.49. The summed E-state index contributed by atoms with van der Waals surface area (Å²) in [5.41, 5.74) is 0. The van der Waals surface area contributed by atoms with Crippen molar-refractivity contribution < 1.29 is 14.3 Å². The maximum absolute atomic E-state index is 11.3. The molecule has 4 heteroatoms. The van der Waals surface area contributed by atoms with E-state index in [0.29, 0.717) is 0 Å². The minimum atomic E-state index is -0.0426. The van der Waals surface area contributed by atoms with Gasteiger partial charge in [0.25, 0.3) is 0 Å². The molecular formula is C12H23NO3. The highest BCUT2D eigenvalue weighted by Crippen LogP contribution is 2.18. The summed E-state index contributed by atoms with van der Waals surface area (Å²) in [6.45, 7) is 4.01. The van der Waals surface area contributed by atoms with E-state index in [9.17, 15) is 4.79 Å². The normalized spacial score (nSPS) is 18.6. The zero-order valence-corrected chi connectivity index (χ0v) is 10.4. The van der Waals surface area contributed by atoms with Crippen LogP contribution in [0.25, 0.3) is 0 Å². The van der Waals surface area contributed by atoms with E-state index in [1.165, 1.54) is 13.5 Å². The molecule has 0 N–H and O–H groups in total. The second kappa shape index (κ2) is 7.63. The van der Waals surface area contributed by atoms with E-state index in [0.717, 1.165) is 45.5 Å². The Morgan fingerprint density at radius 1 is 1.25 bits per heavy atom. The van der Waals surface area contributed by atoms with Gasteiger partial charge in [0.15, 0.2) is 0 Å². The molecule has 94 valence electrons. The first-order valence-corrected chi connectivity index (χ1v) is 6.07. The van der Waals surface area contributed by atoms with Gasteiger partial charge in [-0.1, -0.05) is 0 Å². The van der Waals surface area contributed by atoms with Gasteiger partial charge in [-0.3, -0.25) is 4.79 Å². The lowest BCUT2D eigenvalue weighted by molar-refractivity contribution is -0.147. The second-order valence-electron chi connectivity index (χ2n) is 4.34. The highest BCUT2D eigenvalue weighted by molar-refractivity contribution is 5.72. The number of unbranched alkanes of at least 4 members (excludes halogenated alkanes) is 1. The molecule has 1 fully saturated rings. The first kappa shape index (κ1) is 13.5. The van der Waals surface area contributed by atoms with Crippen molar-refractivity contribution >= 4 is 5.97 Å². The van der Waals surface area contributed by atoms with E-state index in [-0.39, 0.29) is 11.9 Å². The minimum absolute atomic E-state index is 0.0426. The standard InChI is InChI=1S/C12H23NO3/c1-15-10-4-3-7-13-8-5-11(6-9-13)12(14)16-2/h11H,3-10H2,1-2H3. The summed E-state index contributed by atoms with van der Waals surface area (Å²) in [6, 6.07) is 0. The van der Waals surface area contributed by atoms with Gasteiger partial charge in [-0.25, -0.2) is 0 Å². The molecule has 0 amide bonds. The summed E-state index contributed by atoms with van der Waals surface area (Å²) in [6.07, 6.45) is 4.18. The van der Waals surface area contributed by atoms with E-state index >= 15 is 0 Å². The van der Waals surface area contributed by atoms with Crippen molar-refractivity contribution in [2.75, 3.05) is 40.5 Å². The Kier molecular flexibility index (Phi) is 6.42. The highest BCUT2D eigenvalue weighted by atomic mass is 16.5. The molecule has 0 aromatic rings. The lowest BCUT2D eigenvalue weighted by Gasteiger charge is -2.30. The average Bonchev–Trinajstić information content (AvgIpc) is 2.34. The third-order valence-electron chi connectivity index (χ3n) is 3.19. The van der Waals surface area contributed by atoms with Crippen molar-refractivity contribution in [1.82, 2.24) is 4.90 Å². The summed E-state index contributed by atoms with van der Waals surface area (Å²) >= 11 is 0. The van der Waals surface area contributed by atoms with Crippen LogP contribution in [-0.2, 0) is 14.3 Å². The summed E-state index contributed by atoms with van der Waals surface area (Å²) in [5, 5.41) is 0. The molecule has 0 aromatic heterocycles. The molecule has 0 aliphatic carbocycles. The molecule has 1 rings (SSSR count). The van der Waals surface area contributed by atoms with Crippen LogP contribution in [0.2, 0.25) is 0 Å². The van der Waals surface area contributed by atoms with Gasteiger partial charge in [0.1, 0.15) is 0 Å². The van der Waals surface area contributed by atoms with E-state index in [1.807, 2.05) is 0 Å². The SMILES string of the molecule is COCCCCN1CCC(C(=O)OC)CC1. The van der Waals surface area contributed by atoms with E-state index in [4.69, 9.17) is 9.47 Å². The largest absolute Gasteiger partial charge is 0.469 e. The average molecular weight is 229 g/mol. The van der Waals surface area contributed by atoms with Crippen molar-refractivity contribution in [2.24, 2.45) is 5.92 Å². The van der Waals surface area contributed by atoms with Crippen LogP contribution in [0.4, 0.5) is 0 Å². The van der Waals surface area contributed by atoms with Crippen LogP contribution in [-0.4, -0.2) is 51.3 Å². The quantitative estimate of drug-likeness (QED) is 0.508. The van der Waals surface area contributed by atoms with Crippen LogP contribution in [0, 0.1) is 5.92 Å². The van der Waals surface area contributed by atoms with Crippen LogP contribution in [0.5, 0.6) is 0 Å². The van der Waals surface area contributed by atoms with Gasteiger partial charge in [0.2, 0.25) is 0 Å². The number of hydrogen-bond donors (Lipinski definition) is 0. The van der Waals surface area contributed by atoms with E-state index in [2.05, 4.69) is 4.90 Å². The molecule has 1 aliphatic rings. The molecular weight excluding hydrogens is 206 g/mol. The predicted molar refractivity (Wildman–Crippen MR) is 62.3 cm³/mol. The molecule has 1 saturated heterocycles. The number of hydrogen-bond acceptors (Lipinski definition) is 4. The summed E-state index contributed by atoms with van der Waals surface area (Å²) in [7, 11) is 3.21. The second-order valence-corrected chi connectivity index (χ2v) is 4.34. The zero-order valence-electron chi connectivity index (χ0n) is 10.4. The fourth-order valence-electron chi connectivity index (χ4n) is 2.14. The van der Waals surface area contributed by atoms with Crippen molar-refractivity contribution in [3.63, 3.8) is 0 Å². The van der Waals surface area contributed by atoms with Crippen molar-refractivity contribution in [3.05, 3.63) is 0 Å². The summed E-state index contributed by atoms with van der Waals surface area (Å²) < 4.78 is 9.78. The molecule has 1 heterocycles. The monoisotopic (exact) mass is 229 g/mol. The van der Waals surface area contributed by atoms with Gasteiger partial charge in [-0.2, -0.15) is 0 Å². The minimum Gasteiger partial charge on any atom is -0.469 e. The van der Waals surface area contributed by atoms with Crippen molar-refractivity contribution in [3.8, 4) is 0 Å². The Balaban J connectivity index is 2.10. The first-order valence-electron chi connectivity index (χ1n) is 6.07. The van der Waals surface area contributed by atoms with Gasteiger partial charge in [-0.15, -0.1) is 0 Å². The van der Waals surface area contributed by atoms with Crippen LogP contribution in [0.3, 0.4) is 0 Å². The molecule has 0 spiro atoms.